The summed E-state index contributed by atoms with van der Waals surface area (Å²) >= 11 is 0. The van der Waals surface area contributed by atoms with Crippen LogP contribution in [-0.4, -0.2) is 11.9 Å². The minimum atomic E-state index is -1.08. The van der Waals surface area contributed by atoms with Crippen molar-refractivity contribution in [3.05, 3.63) is 59.7 Å². The average molecular weight is 354 g/mol. The van der Waals surface area contributed by atoms with Gasteiger partial charge in [0.05, 0.1) is 10.8 Å². The van der Waals surface area contributed by atoms with E-state index in [-0.39, 0.29) is 0 Å². The van der Waals surface area contributed by atoms with Crippen LogP contribution in [0.4, 0.5) is 0 Å². The molecule has 2 rings (SSSR count). The molecule has 2 aromatic carbocycles. The van der Waals surface area contributed by atoms with Crippen LogP contribution in [0.15, 0.2) is 48.5 Å². The molecule has 0 aliphatic rings. The minimum absolute atomic E-state index is 0.455. The molecule has 0 aromatic heterocycles. The van der Waals surface area contributed by atoms with Crippen molar-refractivity contribution in [2.45, 2.75) is 41.5 Å². The number of hydrogen-bond donors (Lipinski definition) is 0. The fourth-order valence-electron chi connectivity index (χ4n) is 2.19. The van der Waals surface area contributed by atoms with Gasteiger partial charge >= 0.3 is 11.9 Å². The second kappa shape index (κ2) is 7.32. The molecule has 0 atom stereocenters. The summed E-state index contributed by atoms with van der Waals surface area (Å²) in [4.78, 5) is 25.5. The number of carbonyl (C=O) groups excluding carboxylic acids is 2. The van der Waals surface area contributed by atoms with Crippen molar-refractivity contribution < 1.29 is 19.1 Å². The molecule has 0 aliphatic carbocycles. The highest BCUT2D eigenvalue weighted by atomic mass is 16.5. The maximum absolute atomic E-state index is 12.7. The predicted molar refractivity (Wildman–Crippen MR) is 101 cm³/mol. The van der Waals surface area contributed by atoms with Crippen LogP contribution in [0.1, 0.15) is 38.8 Å². The maximum Gasteiger partial charge on any atom is 0.318 e. The van der Waals surface area contributed by atoms with E-state index in [1.54, 1.807) is 52.0 Å². The van der Waals surface area contributed by atoms with Crippen LogP contribution in [0.3, 0.4) is 0 Å². The summed E-state index contributed by atoms with van der Waals surface area (Å²) in [5, 5.41) is 0. The number of hydrogen-bond acceptors (Lipinski definition) is 4. The Labute approximate surface area is 155 Å². The average Bonchev–Trinajstić information content (AvgIpc) is 2.58. The molecule has 0 spiro atoms. The quantitative estimate of drug-likeness (QED) is 0.568. The summed E-state index contributed by atoms with van der Waals surface area (Å²) in [5.74, 6) is -0.0489. The summed E-state index contributed by atoms with van der Waals surface area (Å²) in [7, 11) is 0. The summed E-state index contributed by atoms with van der Waals surface area (Å²) in [6.07, 6.45) is 0. The van der Waals surface area contributed by atoms with Gasteiger partial charge in [-0.2, -0.15) is 0 Å². The third-order valence-corrected chi connectivity index (χ3v) is 5.05. The molecule has 0 fully saturated rings. The van der Waals surface area contributed by atoms with Crippen LogP contribution in [0.25, 0.3) is 0 Å². The first-order valence-corrected chi connectivity index (χ1v) is 8.62. The molecule has 0 saturated carbocycles. The highest BCUT2D eigenvalue weighted by molar-refractivity contribution is 5.89. The normalized spacial score (nSPS) is 11.8. The Hall–Kier alpha value is -2.62. The Kier molecular flexibility index (Phi) is 5.55. The van der Waals surface area contributed by atoms with Gasteiger partial charge in [-0.1, -0.05) is 35.4 Å². The van der Waals surface area contributed by atoms with Crippen molar-refractivity contribution in [2.24, 2.45) is 10.8 Å². The van der Waals surface area contributed by atoms with Crippen molar-refractivity contribution in [3.63, 3.8) is 0 Å². The number of esters is 2. The molecule has 0 aliphatic heterocycles. The van der Waals surface area contributed by atoms with E-state index in [0.29, 0.717) is 11.5 Å². The lowest BCUT2D eigenvalue weighted by Gasteiger charge is -2.36. The van der Waals surface area contributed by atoms with E-state index in [2.05, 4.69) is 0 Å². The van der Waals surface area contributed by atoms with Gasteiger partial charge in [0.1, 0.15) is 11.5 Å². The molecule has 26 heavy (non-hydrogen) atoms. The number of benzene rings is 2. The van der Waals surface area contributed by atoms with Gasteiger partial charge in [-0.25, -0.2) is 0 Å². The summed E-state index contributed by atoms with van der Waals surface area (Å²) in [5.41, 5.74) is -0.0172. The molecule has 0 saturated heterocycles. The molecule has 4 heteroatoms. The van der Waals surface area contributed by atoms with E-state index in [9.17, 15) is 9.59 Å². The molecule has 0 amide bonds. The zero-order chi connectivity index (χ0) is 19.5. The molecular formula is C22H26O4. The van der Waals surface area contributed by atoms with Gasteiger partial charge in [-0.15, -0.1) is 0 Å². The van der Waals surface area contributed by atoms with Crippen molar-refractivity contribution in [1.82, 2.24) is 0 Å². The van der Waals surface area contributed by atoms with Gasteiger partial charge in [0.2, 0.25) is 0 Å². The maximum atomic E-state index is 12.7. The summed E-state index contributed by atoms with van der Waals surface area (Å²) < 4.78 is 11.0. The molecular weight excluding hydrogens is 328 g/mol. The summed E-state index contributed by atoms with van der Waals surface area (Å²) in [6.45, 7) is 10.7. The van der Waals surface area contributed by atoms with Gasteiger partial charge in [0.25, 0.3) is 0 Å². The van der Waals surface area contributed by atoms with E-state index < -0.39 is 22.8 Å². The third kappa shape index (κ3) is 4.13. The Bertz CT molecular complexity index is 714. The second-order valence-electron chi connectivity index (χ2n) is 7.66. The van der Waals surface area contributed by atoms with E-state index >= 15 is 0 Å². The van der Waals surface area contributed by atoms with Crippen molar-refractivity contribution >= 4 is 11.9 Å². The van der Waals surface area contributed by atoms with Crippen LogP contribution >= 0.6 is 0 Å². The fraction of sp³-hybridized carbons (Fsp3) is 0.364. The standard InChI is InChI=1S/C22H26O4/c1-15-7-11-17(12-8-15)25-19(23)21(3,4)22(5,6)20(24)26-18-13-9-16(2)10-14-18/h7-14H,1-6H3. The van der Waals surface area contributed by atoms with E-state index in [0.717, 1.165) is 11.1 Å². The summed E-state index contributed by atoms with van der Waals surface area (Å²) in [6, 6.07) is 14.4. The van der Waals surface area contributed by atoms with Gasteiger partial charge in [-0.3, -0.25) is 9.59 Å². The van der Waals surface area contributed by atoms with Gasteiger partial charge < -0.3 is 9.47 Å². The lowest BCUT2D eigenvalue weighted by Crippen LogP contribution is -2.48. The Balaban J connectivity index is 2.15. The number of aryl methyl sites for hydroxylation is 2. The van der Waals surface area contributed by atoms with Crippen molar-refractivity contribution in [3.8, 4) is 11.5 Å². The highest BCUT2D eigenvalue weighted by Crippen LogP contribution is 2.41. The van der Waals surface area contributed by atoms with Crippen LogP contribution < -0.4 is 9.47 Å². The first kappa shape index (κ1) is 19.7. The molecule has 0 bridgehead atoms. The first-order chi connectivity index (χ1) is 12.0. The van der Waals surface area contributed by atoms with E-state index in [1.807, 2.05) is 38.1 Å². The number of rotatable bonds is 5. The fourth-order valence-corrected chi connectivity index (χ4v) is 2.19. The minimum Gasteiger partial charge on any atom is -0.426 e. The Morgan fingerprint density at radius 1 is 0.615 bits per heavy atom. The number of carbonyl (C=O) groups is 2. The van der Waals surface area contributed by atoms with Gasteiger partial charge in [0, 0.05) is 0 Å². The van der Waals surface area contributed by atoms with Crippen LogP contribution in [0, 0.1) is 24.7 Å². The van der Waals surface area contributed by atoms with Crippen molar-refractivity contribution in [1.29, 1.82) is 0 Å². The molecule has 0 heterocycles. The van der Waals surface area contributed by atoms with Crippen LogP contribution in [0.2, 0.25) is 0 Å². The van der Waals surface area contributed by atoms with E-state index in [1.165, 1.54) is 0 Å². The lowest BCUT2D eigenvalue weighted by molar-refractivity contribution is -0.164. The first-order valence-electron chi connectivity index (χ1n) is 8.62. The Morgan fingerprint density at radius 2 is 0.885 bits per heavy atom. The monoisotopic (exact) mass is 354 g/mol. The predicted octanol–water partition coefficient (Wildman–Crippen LogP) is 4.87. The molecule has 0 unspecified atom stereocenters. The molecule has 2 aromatic rings. The van der Waals surface area contributed by atoms with Gasteiger partial charge in [0.15, 0.2) is 0 Å². The van der Waals surface area contributed by atoms with Crippen LogP contribution in [0.5, 0.6) is 11.5 Å². The smallest absolute Gasteiger partial charge is 0.318 e. The number of ether oxygens (including phenoxy) is 2. The highest BCUT2D eigenvalue weighted by Gasteiger charge is 2.51. The molecule has 0 N–H and O–H groups in total. The third-order valence-electron chi connectivity index (χ3n) is 5.05. The SMILES string of the molecule is Cc1ccc(OC(=O)C(C)(C)C(C)(C)C(=O)Oc2ccc(C)cc2)cc1. The van der Waals surface area contributed by atoms with Gasteiger partial charge in [-0.05, 0) is 65.8 Å². The molecule has 4 nitrogen and oxygen atoms in total. The zero-order valence-corrected chi connectivity index (χ0v) is 16.3. The Morgan fingerprint density at radius 3 is 1.15 bits per heavy atom. The van der Waals surface area contributed by atoms with Crippen molar-refractivity contribution in [2.75, 3.05) is 0 Å². The second-order valence-corrected chi connectivity index (χ2v) is 7.66. The molecule has 0 radical (unpaired) electrons. The molecule has 138 valence electrons. The van der Waals surface area contributed by atoms with Crippen LogP contribution in [-0.2, 0) is 9.59 Å². The topological polar surface area (TPSA) is 52.6 Å². The lowest BCUT2D eigenvalue weighted by atomic mass is 9.68. The zero-order valence-electron chi connectivity index (χ0n) is 16.3. The van der Waals surface area contributed by atoms with E-state index in [4.69, 9.17) is 9.47 Å². The largest absolute Gasteiger partial charge is 0.426 e.